The first kappa shape index (κ1) is 18.9. The predicted octanol–water partition coefficient (Wildman–Crippen LogP) is 5.34. The molecule has 0 bridgehead atoms. The third-order valence-electron chi connectivity index (χ3n) is 5.35. The summed E-state index contributed by atoms with van der Waals surface area (Å²) in [5, 5.41) is 0. The number of halogens is 1. The molecule has 1 aliphatic rings. The number of aromatic nitrogens is 2. The highest BCUT2D eigenvalue weighted by atomic mass is 79.9. The highest BCUT2D eigenvalue weighted by molar-refractivity contribution is 9.10. The Labute approximate surface area is 182 Å². The molecule has 1 amide bonds. The van der Waals surface area contributed by atoms with E-state index < -0.39 is 0 Å². The van der Waals surface area contributed by atoms with Crippen LogP contribution in [-0.2, 0) is 6.54 Å². The smallest absolute Gasteiger partial charge is 0.254 e. The molecule has 0 saturated carbocycles. The molecule has 5 nitrogen and oxygen atoms in total. The molecule has 1 aliphatic heterocycles. The van der Waals surface area contributed by atoms with Crippen molar-refractivity contribution in [2.75, 3.05) is 13.2 Å². The number of benzene rings is 3. The summed E-state index contributed by atoms with van der Waals surface area (Å²) in [5.74, 6) is 1.75. The molecule has 0 fully saturated rings. The lowest BCUT2D eigenvalue weighted by atomic mass is 10.0. The first-order valence-electron chi connectivity index (χ1n) is 9.84. The Kier molecular flexibility index (Phi) is 4.79. The molecular weight excluding hydrogens is 442 g/mol. The molecule has 1 aromatic heterocycles. The van der Waals surface area contributed by atoms with E-state index in [2.05, 4.69) is 50.2 Å². The van der Waals surface area contributed by atoms with E-state index in [1.165, 1.54) is 0 Å². The van der Waals surface area contributed by atoms with Gasteiger partial charge in [-0.1, -0.05) is 28.1 Å². The number of amides is 1. The molecule has 0 spiro atoms. The third-order valence-corrected chi connectivity index (χ3v) is 5.88. The zero-order chi connectivity index (χ0) is 20.7. The van der Waals surface area contributed by atoms with Gasteiger partial charge in [-0.2, -0.15) is 0 Å². The number of carbonyl (C=O) groups is 1. The number of aryl methyl sites for hydroxylation is 1. The number of nitrogens with zero attached hydrogens (tertiary/aromatic N) is 2. The van der Waals surface area contributed by atoms with Crippen LogP contribution in [0.5, 0.6) is 5.75 Å². The molecule has 4 aromatic rings. The maximum Gasteiger partial charge on any atom is 0.254 e. The molecule has 0 aliphatic carbocycles. The molecule has 0 radical (unpaired) electrons. The van der Waals surface area contributed by atoms with Crippen molar-refractivity contribution < 1.29 is 9.53 Å². The summed E-state index contributed by atoms with van der Waals surface area (Å²) in [6.45, 7) is 3.51. The highest BCUT2D eigenvalue weighted by Crippen LogP contribution is 2.31. The van der Waals surface area contributed by atoms with Crippen LogP contribution in [0.1, 0.15) is 21.7 Å². The van der Waals surface area contributed by atoms with Gasteiger partial charge in [0.25, 0.3) is 5.91 Å². The Morgan fingerprint density at radius 2 is 1.83 bits per heavy atom. The number of hydrogen-bond acceptors (Lipinski definition) is 3. The number of hydrogen-bond donors (Lipinski definition) is 1. The van der Waals surface area contributed by atoms with Crippen LogP contribution in [0.4, 0.5) is 0 Å². The van der Waals surface area contributed by atoms with Gasteiger partial charge in [-0.05, 0) is 66.6 Å². The topological polar surface area (TPSA) is 58.2 Å². The summed E-state index contributed by atoms with van der Waals surface area (Å²) in [4.78, 5) is 22.6. The first-order chi connectivity index (χ1) is 14.6. The minimum Gasteiger partial charge on any atom is -0.491 e. The number of fused-ring (bicyclic) bond motifs is 2. The molecule has 150 valence electrons. The SMILES string of the molecule is Cc1nc2ccc(-c3ccc4c(c3)CN(C(=O)c3ccc(Br)cc3)CCO4)cc2[nH]1. The van der Waals surface area contributed by atoms with Gasteiger partial charge >= 0.3 is 0 Å². The second-order valence-corrected chi connectivity index (χ2v) is 8.37. The molecule has 0 saturated heterocycles. The van der Waals surface area contributed by atoms with Crippen molar-refractivity contribution >= 4 is 32.9 Å². The molecule has 2 heterocycles. The van der Waals surface area contributed by atoms with Crippen molar-refractivity contribution in [2.24, 2.45) is 0 Å². The number of nitrogens with one attached hydrogen (secondary N) is 1. The summed E-state index contributed by atoms with van der Waals surface area (Å²) in [6.07, 6.45) is 0. The summed E-state index contributed by atoms with van der Waals surface area (Å²) < 4.78 is 6.89. The fourth-order valence-electron chi connectivity index (χ4n) is 3.84. The van der Waals surface area contributed by atoms with Crippen LogP contribution in [0.15, 0.2) is 65.1 Å². The fraction of sp³-hybridized carbons (Fsp3) is 0.167. The average Bonchev–Trinajstić information content (AvgIpc) is 2.99. The number of H-pyrrole nitrogens is 1. The molecule has 0 atom stereocenters. The lowest BCUT2D eigenvalue weighted by Crippen LogP contribution is -2.32. The van der Waals surface area contributed by atoms with Crippen molar-refractivity contribution in [1.29, 1.82) is 0 Å². The Morgan fingerprint density at radius 1 is 1.07 bits per heavy atom. The Bertz CT molecular complexity index is 1250. The molecule has 1 N–H and O–H groups in total. The second kappa shape index (κ2) is 7.61. The van der Waals surface area contributed by atoms with E-state index in [1.54, 1.807) is 0 Å². The Balaban J connectivity index is 1.46. The van der Waals surface area contributed by atoms with Crippen LogP contribution in [0.2, 0.25) is 0 Å². The van der Waals surface area contributed by atoms with Crippen LogP contribution in [0.3, 0.4) is 0 Å². The quantitative estimate of drug-likeness (QED) is 0.438. The van der Waals surface area contributed by atoms with Crippen molar-refractivity contribution in [3.63, 3.8) is 0 Å². The fourth-order valence-corrected chi connectivity index (χ4v) is 4.10. The molecule has 30 heavy (non-hydrogen) atoms. The number of carbonyl (C=O) groups excluding carboxylic acids is 1. The van der Waals surface area contributed by atoms with Gasteiger partial charge in [0.05, 0.1) is 17.6 Å². The lowest BCUT2D eigenvalue weighted by Gasteiger charge is -2.20. The van der Waals surface area contributed by atoms with E-state index in [0.717, 1.165) is 43.8 Å². The van der Waals surface area contributed by atoms with Gasteiger partial charge < -0.3 is 14.6 Å². The van der Waals surface area contributed by atoms with Gasteiger partial charge in [-0.25, -0.2) is 4.98 Å². The van der Waals surface area contributed by atoms with Gasteiger partial charge in [0, 0.05) is 22.1 Å². The number of imidazole rings is 1. The van der Waals surface area contributed by atoms with Gasteiger partial charge in [-0.3, -0.25) is 4.79 Å². The number of ether oxygens (including phenoxy) is 1. The molecule has 0 unspecified atom stereocenters. The Morgan fingerprint density at radius 3 is 2.67 bits per heavy atom. The Hall–Kier alpha value is -3.12. The lowest BCUT2D eigenvalue weighted by molar-refractivity contribution is 0.0733. The predicted molar refractivity (Wildman–Crippen MR) is 121 cm³/mol. The van der Waals surface area contributed by atoms with E-state index in [-0.39, 0.29) is 5.91 Å². The van der Waals surface area contributed by atoms with Gasteiger partial charge in [-0.15, -0.1) is 0 Å². The van der Waals surface area contributed by atoms with Crippen molar-refractivity contribution in [3.8, 4) is 16.9 Å². The number of rotatable bonds is 2. The van der Waals surface area contributed by atoms with Crippen LogP contribution in [-0.4, -0.2) is 33.9 Å². The average molecular weight is 462 g/mol. The minimum absolute atomic E-state index is 0.0127. The summed E-state index contributed by atoms with van der Waals surface area (Å²) in [5.41, 5.74) is 5.85. The molecule has 5 rings (SSSR count). The standard InChI is InChI=1S/C24H20BrN3O2/c1-15-26-21-8-4-18(13-22(21)27-15)17-5-9-23-19(12-17)14-28(10-11-30-23)24(29)16-2-6-20(25)7-3-16/h2-9,12-13H,10-11,14H2,1H3,(H,26,27). The first-order valence-corrected chi connectivity index (χ1v) is 10.6. The molecular formula is C24H20BrN3O2. The minimum atomic E-state index is 0.0127. The second-order valence-electron chi connectivity index (χ2n) is 7.46. The highest BCUT2D eigenvalue weighted by Gasteiger charge is 2.21. The van der Waals surface area contributed by atoms with Gasteiger partial charge in [0.1, 0.15) is 18.2 Å². The van der Waals surface area contributed by atoms with Gasteiger partial charge in [0.2, 0.25) is 0 Å². The number of aromatic amines is 1. The van der Waals surface area contributed by atoms with E-state index in [4.69, 9.17) is 4.74 Å². The molecule has 6 heteroatoms. The van der Waals surface area contributed by atoms with Crippen molar-refractivity contribution in [2.45, 2.75) is 13.5 Å². The van der Waals surface area contributed by atoms with Crippen LogP contribution < -0.4 is 4.74 Å². The normalized spacial score (nSPS) is 13.6. The molecule has 3 aromatic carbocycles. The van der Waals surface area contributed by atoms with Crippen LogP contribution in [0, 0.1) is 6.92 Å². The van der Waals surface area contributed by atoms with E-state index >= 15 is 0 Å². The van der Waals surface area contributed by atoms with Crippen LogP contribution >= 0.6 is 15.9 Å². The van der Waals surface area contributed by atoms with Crippen molar-refractivity contribution in [1.82, 2.24) is 14.9 Å². The third kappa shape index (κ3) is 3.59. The zero-order valence-corrected chi connectivity index (χ0v) is 18.1. The van der Waals surface area contributed by atoms with E-state index in [9.17, 15) is 4.79 Å². The van der Waals surface area contributed by atoms with Crippen LogP contribution in [0.25, 0.3) is 22.2 Å². The van der Waals surface area contributed by atoms with Gasteiger partial charge in [0.15, 0.2) is 0 Å². The maximum absolute atomic E-state index is 13.0. The summed E-state index contributed by atoms with van der Waals surface area (Å²) >= 11 is 3.42. The zero-order valence-electron chi connectivity index (χ0n) is 16.5. The van der Waals surface area contributed by atoms with E-state index in [0.29, 0.717) is 25.3 Å². The summed E-state index contributed by atoms with van der Waals surface area (Å²) in [7, 11) is 0. The summed E-state index contributed by atoms with van der Waals surface area (Å²) in [6, 6.07) is 19.9. The van der Waals surface area contributed by atoms with Crippen molar-refractivity contribution in [3.05, 3.63) is 82.1 Å². The van der Waals surface area contributed by atoms with E-state index in [1.807, 2.05) is 48.2 Å². The monoisotopic (exact) mass is 461 g/mol. The largest absolute Gasteiger partial charge is 0.491 e. The maximum atomic E-state index is 13.0.